The first-order valence-electron chi connectivity index (χ1n) is 7.51. The summed E-state index contributed by atoms with van der Waals surface area (Å²) in [7, 11) is 0. The molecule has 6 heteroatoms. The first kappa shape index (κ1) is 17.3. The molecule has 0 aromatic heterocycles. The lowest BCUT2D eigenvalue weighted by Crippen LogP contribution is -2.38. The van der Waals surface area contributed by atoms with Crippen LogP contribution >= 0.6 is 0 Å². The van der Waals surface area contributed by atoms with E-state index in [1.165, 1.54) is 6.92 Å². The number of aliphatic carboxylic acids is 1. The minimum Gasteiger partial charge on any atom is -0.490 e. The average molecular weight is 329 g/mol. The Kier molecular flexibility index (Phi) is 6.19. The van der Waals surface area contributed by atoms with Gasteiger partial charge >= 0.3 is 5.97 Å². The summed E-state index contributed by atoms with van der Waals surface area (Å²) in [6, 6.07) is 15.0. The number of hydrogen-bond acceptors (Lipinski definition) is 4. The summed E-state index contributed by atoms with van der Waals surface area (Å²) in [6.45, 7) is 1.98. The molecule has 2 N–H and O–H groups in total. The number of para-hydroxylation sites is 2. The normalized spacial score (nSPS) is 11.4. The summed E-state index contributed by atoms with van der Waals surface area (Å²) in [5, 5.41) is 11.3. The van der Waals surface area contributed by atoms with Crippen molar-refractivity contribution in [3.8, 4) is 11.5 Å². The summed E-state index contributed by atoms with van der Waals surface area (Å²) in [5.41, 5.74) is 0.283. The van der Waals surface area contributed by atoms with Gasteiger partial charge in [0.1, 0.15) is 30.8 Å². The molecule has 0 heterocycles. The highest BCUT2D eigenvalue weighted by atomic mass is 16.5. The van der Waals surface area contributed by atoms with Crippen LogP contribution in [0.25, 0.3) is 0 Å². The van der Waals surface area contributed by atoms with Crippen LogP contribution in [0.4, 0.5) is 0 Å². The molecule has 0 fully saturated rings. The van der Waals surface area contributed by atoms with Gasteiger partial charge in [-0.2, -0.15) is 0 Å². The Morgan fingerprint density at radius 2 is 1.62 bits per heavy atom. The smallest absolute Gasteiger partial charge is 0.325 e. The third-order valence-corrected chi connectivity index (χ3v) is 3.20. The zero-order valence-corrected chi connectivity index (χ0v) is 13.3. The molecule has 0 radical (unpaired) electrons. The Balaban J connectivity index is 1.91. The van der Waals surface area contributed by atoms with Crippen LogP contribution in [0, 0.1) is 0 Å². The highest BCUT2D eigenvalue weighted by molar-refractivity contribution is 5.98. The summed E-state index contributed by atoms with van der Waals surface area (Å²) in [6.07, 6.45) is 0. The molecule has 0 saturated carbocycles. The van der Waals surface area contributed by atoms with Gasteiger partial charge in [0, 0.05) is 0 Å². The van der Waals surface area contributed by atoms with Crippen molar-refractivity contribution in [3.05, 3.63) is 60.2 Å². The molecule has 2 aromatic carbocycles. The van der Waals surface area contributed by atoms with E-state index in [1.54, 1.807) is 24.3 Å². The number of nitrogens with one attached hydrogen (secondary N) is 1. The van der Waals surface area contributed by atoms with E-state index in [1.807, 2.05) is 30.3 Å². The van der Waals surface area contributed by atoms with Gasteiger partial charge in [-0.25, -0.2) is 0 Å². The van der Waals surface area contributed by atoms with Gasteiger partial charge in [0.05, 0.1) is 5.56 Å². The Hall–Kier alpha value is -3.02. The molecule has 24 heavy (non-hydrogen) atoms. The maximum atomic E-state index is 12.1. The molecule has 0 spiro atoms. The van der Waals surface area contributed by atoms with Crippen molar-refractivity contribution in [3.63, 3.8) is 0 Å². The molecule has 0 aliphatic carbocycles. The zero-order valence-electron chi connectivity index (χ0n) is 13.3. The van der Waals surface area contributed by atoms with Gasteiger partial charge in [0.2, 0.25) is 0 Å². The van der Waals surface area contributed by atoms with E-state index in [-0.39, 0.29) is 12.2 Å². The molecule has 0 saturated heterocycles. The predicted octanol–water partition coefficient (Wildman–Crippen LogP) is 2.35. The van der Waals surface area contributed by atoms with Crippen LogP contribution in [0.3, 0.4) is 0 Å². The Morgan fingerprint density at radius 1 is 1.00 bits per heavy atom. The molecule has 0 bridgehead atoms. The molecular formula is C18H19NO5. The zero-order chi connectivity index (χ0) is 17.4. The maximum absolute atomic E-state index is 12.1. The number of carboxylic acid groups (broad SMARTS) is 1. The van der Waals surface area contributed by atoms with Gasteiger partial charge in [-0.05, 0) is 31.2 Å². The number of hydrogen-bond donors (Lipinski definition) is 2. The average Bonchev–Trinajstić information content (AvgIpc) is 2.59. The molecule has 0 unspecified atom stereocenters. The monoisotopic (exact) mass is 329 g/mol. The molecule has 2 rings (SSSR count). The van der Waals surface area contributed by atoms with Gasteiger partial charge in [0.25, 0.3) is 5.91 Å². The Morgan fingerprint density at radius 3 is 2.33 bits per heavy atom. The van der Waals surface area contributed by atoms with Crippen LogP contribution in [0.1, 0.15) is 17.3 Å². The molecular weight excluding hydrogens is 310 g/mol. The van der Waals surface area contributed by atoms with E-state index in [2.05, 4.69) is 5.32 Å². The lowest BCUT2D eigenvalue weighted by Gasteiger charge is -2.13. The van der Waals surface area contributed by atoms with Crippen LogP contribution in [0.5, 0.6) is 11.5 Å². The van der Waals surface area contributed by atoms with E-state index in [0.29, 0.717) is 12.4 Å². The molecule has 0 aliphatic heterocycles. The number of benzene rings is 2. The molecule has 2 aromatic rings. The molecule has 1 atom stereocenters. The number of amides is 1. The number of carbonyl (C=O) groups excluding carboxylic acids is 1. The number of ether oxygens (including phenoxy) is 2. The number of carbonyl (C=O) groups is 2. The first-order valence-corrected chi connectivity index (χ1v) is 7.51. The minimum absolute atomic E-state index is 0.258. The molecule has 0 aliphatic rings. The first-order chi connectivity index (χ1) is 11.6. The third kappa shape index (κ3) is 5.01. The summed E-state index contributed by atoms with van der Waals surface area (Å²) >= 11 is 0. The van der Waals surface area contributed by atoms with Crippen molar-refractivity contribution >= 4 is 11.9 Å². The van der Waals surface area contributed by atoms with Gasteiger partial charge in [-0.15, -0.1) is 0 Å². The van der Waals surface area contributed by atoms with Crippen molar-refractivity contribution in [1.82, 2.24) is 5.32 Å². The van der Waals surface area contributed by atoms with Crippen LogP contribution < -0.4 is 14.8 Å². The molecule has 126 valence electrons. The van der Waals surface area contributed by atoms with Crippen LogP contribution in [0.2, 0.25) is 0 Å². The summed E-state index contributed by atoms with van der Waals surface area (Å²) in [5.74, 6) is -0.478. The van der Waals surface area contributed by atoms with Crippen LogP contribution in [0.15, 0.2) is 54.6 Å². The fourth-order valence-corrected chi connectivity index (χ4v) is 1.94. The van der Waals surface area contributed by atoms with Gasteiger partial charge in [0.15, 0.2) is 0 Å². The van der Waals surface area contributed by atoms with E-state index in [0.717, 1.165) is 5.75 Å². The topological polar surface area (TPSA) is 84.9 Å². The second-order valence-corrected chi connectivity index (χ2v) is 5.04. The lowest BCUT2D eigenvalue weighted by molar-refractivity contribution is -0.138. The van der Waals surface area contributed by atoms with Gasteiger partial charge in [-0.1, -0.05) is 30.3 Å². The second kappa shape index (κ2) is 8.57. The van der Waals surface area contributed by atoms with Crippen molar-refractivity contribution in [2.24, 2.45) is 0 Å². The third-order valence-electron chi connectivity index (χ3n) is 3.20. The lowest BCUT2D eigenvalue weighted by atomic mass is 10.1. The fourth-order valence-electron chi connectivity index (χ4n) is 1.94. The minimum atomic E-state index is -1.10. The van der Waals surface area contributed by atoms with Crippen molar-refractivity contribution in [2.45, 2.75) is 13.0 Å². The van der Waals surface area contributed by atoms with Gasteiger partial charge in [-0.3, -0.25) is 9.59 Å². The van der Waals surface area contributed by atoms with E-state index in [9.17, 15) is 9.59 Å². The Labute approximate surface area is 140 Å². The molecule has 6 nitrogen and oxygen atoms in total. The van der Waals surface area contributed by atoms with E-state index in [4.69, 9.17) is 14.6 Å². The Bertz CT molecular complexity index is 687. The number of carboxylic acids is 1. The SMILES string of the molecule is C[C@@H](NC(=O)c1ccccc1OCCOc1ccccc1)C(=O)O. The number of rotatable bonds is 8. The summed E-state index contributed by atoms with van der Waals surface area (Å²) in [4.78, 5) is 23.0. The highest BCUT2D eigenvalue weighted by Crippen LogP contribution is 2.18. The second-order valence-electron chi connectivity index (χ2n) is 5.04. The predicted molar refractivity (Wildman–Crippen MR) is 88.4 cm³/mol. The highest BCUT2D eigenvalue weighted by Gasteiger charge is 2.18. The van der Waals surface area contributed by atoms with E-state index < -0.39 is 17.9 Å². The van der Waals surface area contributed by atoms with Gasteiger partial charge < -0.3 is 19.9 Å². The van der Waals surface area contributed by atoms with Crippen molar-refractivity contribution in [1.29, 1.82) is 0 Å². The quantitative estimate of drug-likeness (QED) is 0.726. The van der Waals surface area contributed by atoms with Crippen LogP contribution in [-0.4, -0.2) is 36.2 Å². The van der Waals surface area contributed by atoms with Crippen molar-refractivity contribution in [2.75, 3.05) is 13.2 Å². The van der Waals surface area contributed by atoms with Crippen molar-refractivity contribution < 1.29 is 24.2 Å². The molecule has 1 amide bonds. The maximum Gasteiger partial charge on any atom is 0.325 e. The largest absolute Gasteiger partial charge is 0.490 e. The van der Waals surface area contributed by atoms with Crippen LogP contribution in [-0.2, 0) is 4.79 Å². The van der Waals surface area contributed by atoms with E-state index >= 15 is 0 Å². The standard InChI is InChI=1S/C18H19NO5/c1-13(18(21)22)19-17(20)15-9-5-6-10-16(15)24-12-11-23-14-7-3-2-4-8-14/h2-10,13H,11-12H2,1H3,(H,19,20)(H,21,22)/t13-/m1/s1. The fraction of sp³-hybridized carbons (Fsp3) is 0.222. The summed E-state index contributed by atoms with van der Waals surface area (Å²) < 4.78 is 11.1.